The summed E-state index contributed by atoms with van der Waals surface area (Å²) >= 11 is 0. The SMILES string of the molecule is CCc1nc(OC(CC)CC)c(NC)nc1-c1ccc(C(C)C)nc1N1CCN(CCO)CC1. The van der Waals surface area contributed by atoms with Crippen molar-refractivity contribution >= 4 is 11.6 Å². The van der Waals surface area contributed by atoms with Crippen LogP contribution >= 0.6 is 0 Å². The molecule has 8 heteroatoms. The molecule has 2 aromatic heterocycles. The zero-order valence-electron chi connectivity index (χ0n) is 21.8. The number of rotatable bonds is 11. The molecule has 0 spiro atoms. The molecule has 2 aromatic rings. The molecule has 1 aliphatic rings. The summed E-state index contributed by atoms with van der Waals surface area (Å²) in [7, 11) is 1.86. The second-order valence-corrected chi connectivity index (χ2v) is 9.15. The minimum atomic E-state index is 0.120. The minimum Gasteiger partial charge on any atom is -0.472 e. The molecule has 2 N–H and O–H groups in total. The molecule has 0 bridgehead atoms. The van der Waals surface area contributed by atoms with Crippen molar-refractivity contribution in [2.75, 3.05) is 56.6 Å². The molecule has 0 atom stereocenters. The average molecular weight is 471 g/mol. The lowest BCUT2D eigenvalue weighted by Gasteiger charge is -2.36. The van der Waals surface area contributed by atoms with Crippen LogP contribution in [0.25, 0.3) is 11.3 Å². The van der Waals surface area contributed by atoms with E-state index in [9.17, 15) is 5.11 Å². The lowest BCUT2D eigenvalue weighted by Crippen LogP contribution is -2.47. The van der Waals surface area contributed by atoms with Crippen LogP contribution in [0.15, 0.2) is 12.1 Å². The fourth-order valence-corrected chi connectivity index (χ4v) is 4.31. The quantitative estimate of drug-likeness (QED) is 0.511. The number of aliphatic hydroxyl groups excluding tert-OH is 1. The Hall–Kier alpha value is -2.45. The number of β-amino-alcohol motifs (C(OH)–C–C–N with tert-alkyl or cyclic N) is 1. The number of aliphatic hydroxyl groups is 1. The summed E-state index contributed by atoms with van der Waals surface area (Å²) in [5.74, 6) is 2.53. The van der Waals surface area contributed by atoms with E-state index in [-0.39, 0.29) is 12.7 Å². The Balaban J connectivity index is 2.06. The number of nitrogens with one attached hydrogen (secondary N) is 1. The molecule has 0 unspecified atom stereocenters. The van der Waals surface area contributed by atoms with Gasteiger partial charge >= 0.3 is 0 Å². The Morgan fingerprint density at radius 1 is 1.03 bits per heavy atom. The first kappa shape index (κ1) is 26.2. The van der Waals surface area contributed by atoms with Gasteiger partial charge in [0.2, 0.25) is 0 Å². The number of aryl methyl sites for hydroxylation is 1. The summed E-state index contributed by atoms with van der Waals surface area (Å²) < 4.78 is 6.21. The van der Waals surface area contributed by atoms with Gasteiger partial charge in [0.25, 0.3) is 5.88 Å². The van der Waals surface area contributed by atoms with E-state index in [1.807, 2.05) is 7.05 Å². The van der Waals surface area contributed by atoms with E-state index in [0.29, 0.717) is 17.6 Å². The lowest BCUT2D eigenvalue weighted by molar-refractivity contribution is 0.185. The van der Waals surface area contributed by atoms with Crippen molar-refractivity contribution in [1.82, 2.24) is 19.9 Å². The van der Waals surface area contributed by atoms with Crippen molar-refractivity contribution in [3.05, 3.63) is 23.5 Å². The number of ether oxygens (including phenoxy) is 1. The highest BCUT2D eigenvalue weighted by atomic mass is 16.5. The Morgan fingerprint density at radius 2 is 1.74 bits per heavy atom. The smallest absolute Gasteiger partial charge is 0.257 e. The summed E-state index contributed by atoms with van der Waals surface area (Å²) in [6.07, 6.45) is 2.73. The van der Waals surface area contributed by atoms with Gasteiger partial charge in [0, 0.05) is 51.0 Å². The number of nitrogens with zero attached hydrogens (tertiary/aromatic N) is 5. The van der Waals surface area contributed by atoms with Crippen LogP contribution in [0.2, 0.25) is 0 Å². The normalized spacial score (nSPS) is 14.8. The van der Waals surface area contributed by atoms with E-state index in [4.69, 9.17) is 19.7 Å². The van der Waals surface area contributed by atoms with Gasteiger partial charge in [0.1, 0.15) is 11.9 Å². The molecule has 1 saturated heterocycles. The van der Waals surface area contributed by atoms with E-state index in [1.54, 1.807) is 0 Å². The predicted octanol–water partition coefficient (Wildman–Crippen LogP) is 3.95. The maximum absolute atomic E-state index is 9.31. The molecule has 0 aromatic carbocycles. The molecule has 1 fully saturated rings. The summed E-state index contributed by atoms with van der Waals surface area (Å²) in [4.78, 5) is 19.7. The maximum Gasteiger partial charge on any atom is 0.257 e. The largest absolute Gasteiger partial charge is 0.472 e. The molecule has 188 valence electrons. The van der Waals surface area contributed by atoms with Gasteiger partial charge < -0.3 is 20.1 Å². The average Bonchev–Trinajstić information content (AvgIpc) is 2.87. The van der Waals surface area contributed by atoms with Crippen molar-refractivity contribution in [2.45, 2.75) is 65.9 Å². The summed E-state index contributed by atoms with van der Waals surface area (Å²) in [6, 6.07) is 4.27. The standard InChI is InChI=1S/C26H42N6O2/c1-7-19(8-2)34-26-24(27-6)30-23(21(9-3)29-26)20-10-11-22(18(4)5)28-25(20)32-14-12-31(13-15-32)16-17-33/h10-11,18-19,33H,7-9,12-17H2,1-6H3,(H,27,30). The predicted molar refractivity (Wildman–Crippen MR) is 139 cm³/mol. The van der Waals surface area contributed by atoms with E-state index >= 15 is 0 Å². The third kappa shape index (κ3) is 5.96. The summed E-state index contributed by atoms with van der Waals surface area (Å²) in [6.45, 7) is 15.2. The molecule has 8 nitrogen and oxygen atoms in total. The highest BCUT2D eigenvalue weighted by molar-refractivity contribution is 5.76. The van der Waals surface area contributed by atoms with Gasteiger partial charge in [-0.3, -0.25) is 4.90 Å². The molecule has 3 rings (SSSR count). The Morgan fingerprint density at radius 3 is 2.29 bits per heavy atom. The second kappa shape index (κ2) is 12.3. The first-order chi connectivity index (χ1) is 16.4. The van der Waals surface area contributed by atoms with Crippen LogP contribution in [0.5, 0.6) is 5.88 Å². The first-order valence-corrected chi connectivity index (χ1v) is 12.8. The number of hydrogen-bond donors (Lipinski definition) is 2. The molecular weight excluding hydrogens is 428 g/mol. The van der Waals surface area contributed by atoms with Crippen molar-refractivity contribution in [3.63, 3.8) is 0 Å². The molecule has 34 heavy (non-hydrogen) atoms. The van der Waals surface area contributed by atoms with E-state index in [0.717, 1.165) is 80.4 Å². The molecule has 0 radical (unpaired) electrons. The van der Waals surface area contributed by atoms with Gasteiger partial charge in [0.05, 0.1) is 18.0 Å². The van der Waals surface area contributed by atoms with Gasteiger partial charge in [-0.1, -0.05) is 34.6 Å². The topological polar surface area (TPSA) is 86.6 Å². The van der Waals surface area contributed by atoms with E-state index in [1.165, 1.54) is 0 Å². The number of pyridine rings is 1. The van der Waals surface area contributed by atoms with Crippen LogP contribution in [0, 0.1) is 0 Å². The zero-order valence-corrected chi connectivity index (χ0v) is 21.8. The van der Waals surface area contributed by atoms with Crippen molar-refractivity contribution in [3.8, 4) is 17.1 Å². The molecule has 0 aliphatic carbocycles. The minimum absolute atomic E-state index is 0.120. The van der Waals surface area contributed by atoms with Crippen LogP contribution in [-0.2, 0) is 6.42 Å². The van der Waals surface area contributed by atoms with Crippen molar-refractivity contribution in [2.24, 2.45) is 0 Å². The molecule has 1 aliphatic heterocycles. The highest BCUT2D eigenvalue weighted by Crippen LogP contribution is 2.35. The molecule has 0 saturated carbocycles. The zero-order chi connectivity index (χ0) is 24.7. The van der Waals surface area contributed by atoms with E-state index < -0.39 is 0 Å². The van der Waals surface area contributed by atoms with Crippen LogP contribution in [0.4, 0.5) is 11.6 Å². The van der Waals surface area contributed by atoms with Crippen LogP contribution < -0.4 is 15.0 Å². The van der Waals surface area contributed by atoms with Crippen LogP contribution in [0.3, 0.4) is 0 Å². The Kier molecular flexibility index (Phi) is 9.47. The van der Waals surface area contributed by atoms with E-state index in [2.05, 4.69) is 61.9 Å². The third-order valence-corrected chi connectivity index (χ3v) is 6.53. The van der Waals surface area contributed by atoms with Gasteiger partial charge in [-0.15, -0.1) is 0 Å². The summed E-state index contributed by atoms with van der Waals surface area (Å²) in [5.41, 5.74) is 3.86. The molecular formula is C26H42N6O2. The monoisotopic (exact) mass is 470 g/mol. The Labute approximate surface area is 204 Å². The van der Waals surface area contributed by atoms with Gasteiger partial charge in [-0.2, -0.15) is 0 Å². The van der Waals surface area contributed by atoms with Gasteiger partial charge in [-0.05, 0) is 37.3 Å². The van der Waals surface area contributed by atoms with Crippen LogP contribution in [0.1, 0.15) is 64.8 Å². The number of anilines is 2. The third-order valence-electron chi connectivity index (χ3n) is 6.53. The highest BCUT2D eigenvalue weighted by Gasteiger charge is 2.25. The van der Waals surface area contributed by atoms with Gasteiger partial charge in [0.15, 0.2) is 5.82 Å². The second-order valence-electron chi connectivity index (χ2n) is 9.15. The van der Waals surface area contributed by atoms with Crippen molar-refractivity contribution in [1.29, 1.82) is 0 Å². The fraction of sp³-hybridized carbons (Fsp3) is 0.654. The Bertz CT molecular complexity index is 924. The van der Waals surface area contributed by atoms with Gasteiger partial charge in [-0.25, -0.2) is 15.0 Å². The molecule has 0 amide bonds. The summed E-state index contributed by atoms with van der Waals surface area (Å²) in [5, 5.41) is 12.5. The number of piperazine rings is 1. The first-order valence-electron chi connectivity index (χ1n) is 12.8. The number of hydrogen-bond acceptors (Lipinski definition) is 8. The van der Waals surface area contributed by atoms with Crippen molar-refractivity contribution < 1.29 is 9.84 Å². The van der Waals surface area contributed by atoms with Crippen LogP contribution in [-0.4, -0.2) is 77.4 Å². The fourth-order valence-electron chi connectivity index (χ4n) is 4.31. The number of aromatic nitrogens is 3. The lowest BCUT2D eigenvalue weighted by atomic mass is 10.0. The maximum atomic E-state index is 9.31. The molecule has 3 heterocycles.